The second-order valence-electron chi connectivity index (χ2n) is 6.78. The fraction of sp³-hybridized carbons (Fsp3) is 0.316. The van der Waals surface area contributed by atoms with Gasteiger partial charge in [0.15, 0.2) is 0 Å². The van der Waals surface area contributed by atoms with Crippen LogP contribution in [0.4, 0.5) is 11.4 Å². The molecule has 2 rings (SSSR count). The SMILES string of the molecule is CC(C)Cc1ccc(S(=O)(=O)Nc2ccc(N(C)C)c(C(=O)O)c2)cc1. The summed E-state index contributed by atoms with van der Waals surface area (Å²) in [5.41, 5.74) is 1.81. The minimum atomic E-state index is -3.79. The third kappa shape index (κ3) is 4.76. The number of hydrogen-bond donors (Lipinski definition) is 2. The average Bonchev–Trinajstić information content (AvgIpc) is 2.54. The summed E-state index contributed by atoms with van der Waals surface area (Å²) >= 11 is 0. The van der Waals surface area contributed by atoms with Crippen LogP contribution in [0, 0.1) is 5.92 Å². The molecular weight excluding hydrogens is 352 g/mol. The molecule has 0 bridgehead atoms. The molecule has 0 atom stereocenters. The van der Waals surface area contributed by atoms with E-state index in [0.717, 1.165) is 12.0 Å². The number of aromatic carboxylic acids is 1. The minimum Gasteiger partial charge on any atom is -0.478 e. The Morgan fingerprint density at radius 2 is 1.73 bits per heavy atom. The summed E-state index contributed by atoms with van der Waals surface area (Å²) in [6.45, 7) is 4.20. The first-order valence-corrected chi connectivity index (χ1v) is 9.75. The van der Waals surface area contributed by atoms with E-state index in [1.807, 2.05) is 0 Å². The standard InChI is InChI=1S/C19H24N2O4S/c1-13(2)11-14-5-8-16(9-6-14)26(24,25)20-15-7-10-18(21(3)4)17(12-15)19(22)23/h5-10,12-13,20H,11H2,1-4H3,(H,22,23). The van der Waals surface area contributed by atoms with Gasteiger partial charge in [-0.1, -0.05) is 26.0 Å². The molecule has 0 spiro atoms. The van der Waals surface area contributed by atoms with Gasteiger partial charge in [0, 0.05) is 19.8 Å². The van der Waals surface area contributed by atoms with Crippen LogP contribution in [0.1, 0.15) is 29.8 Å². The van der Waals surface area contributed by atoms with E-state index in [1.165, 1.54) is 6.07 Å². The van der Waals surface area contributed by atoms with Crippen molar-refractivity contribution in [2.75, 3.05) is 23.7 Å². The zero-order chi connectivity index (χ0) is 19.5. The van der Waals surface area contributed by atoms with Gasteiger partial charge in [0.05, 0.1) is 16.1 Å². The van der Waals surface area contributed by atoms with Crippen molar-refractivity contribution in [2.24, 2.45) is 5.92 Å². The molecule has 26 heavy (non-hydrogen) atoms. The van der Waals surface area contributed by atoms with Crippen molar-refractivity contribution in [3.63, 3.8) is 0 Å². The Hall–Kier alpha value is -2.54. The van der Waals surface area contributed by atoms with Crippen molar-refractivity contribution in [3.05, 3.63) is 53.6 Å². The van der Waals surface area contributed by atoms with E-state index in [-0.39, 0.29) is 16.1 Å². The Labute approximate surface area is 154 Å². The van der Waals surface area contributed by atoms with Gasteiger partial charge >= 0.3 is 5.97 Å². The zero-order valence-electron chi connectivity index (χ0n) is 15.4. The summed E-state index contributed by atoms with van der Waals surface area (Å²) in [6, 6.07) is 11.2. The van der Waals surface area contributed by atoms with Crippen LogP contribution in [0.2, 0.25) is 0 Å². The van der Waals surface area contributed by atoms with Crippen LogP contribution >= 0.6 is 0 Å². The first-order valence-electron chi connectivity index (χ1n) is 8.26. The molecule has 6 nitrogen and oxygen atoms in total. The normalized spacial score (nSPS) is 11.4. The lowest BCUT2D eigenvalue weighted by Crippen LogP contribution is -2.16. The van der Waals surface area contributed by atoms with Crippen molar-refractivity contribution in [3.8, 4) is 0 Å². The Bertz CT molecular complexity index is 888. The monoisotopic (exact) mass is 376 g/mol. The van der Waals surface area contributed by atoms with Crippen LogP contribution in [0.3, 0.4) is 0 Å². The highest BCUT2D eigenvalue weighted by Crippen LogP contribution is 2.25. The van der Waals surface area contributed by atoms with Gasteiger partial charge in [-0.25, -0.2) is 13.2 Å². The highest BCUT2D eigenvalue weighted by atomic mass is 32.2. The second-order valence-corrected chi connectivity index (χ2v) is 8.46. The molecule has 2 aromatic rings. The summed E-state index contributed by atoms with van der Waals surface area (Å²) in [6.07, 6.45) is 0.877. The van der Waals surface area contributed by atoms with Gasteiger partial charge in [-0.05, 0) is 48.2 Å². The highest BCUT2D eigenvalue weighted by Gasteiger charge is 2.17. The number of hydrogen-bond acceptors (Lipinski definition) is 4. The van der Waals surface area contributed by atoms with Gasteiger partial charge in [-0.15, -0.1) is 0 Å². The second kappa shape index (κ2) is 7.78. The number of sulfonamides is 1. The van der Waals surface area contributed by atoms with Crippen LogP contribution in [-0.2, 0) is 16.4 Å². The van der Waals surface area contributed by atoms with Gasteiger partial charge in [-0.3, -0.25) is 4.72 Å². The predicted molar refractivity (Wildman–Crippen MR) is 104 cm³/mol. The first kappa shape index (κ1) is 19.8. The van der Waals surface area contributed by atoms with E-state index in [2.05, 4.69) is 18.6 Å². The van der Waals surface area contributed by atoms with Gasteiger partial charge in [0.2, 0.25) is 0 Å². The lowest BCUT2D eigenvalue weighted by Gasteiger charge is -2.17. The maximum absolute atomic E-state index is 12.6. The molecule has 0 aliphatic heterocycles. The quantitative estimate of drug-likeness (QED) is 0.773. The van der Waals surface area contributed by atoms with Gasteiger partial charge in [0.1, 0.15) is 0 Å². The summed E-state index contributed by atoms with van der Waals surface area (Å²) in [5.74, 6) is -0.631. The Balaban J connectivity index is 2.29. The molecule has 2 aromatic carbocycles. The molecule has 0 radical (unpaired) electrons. The predicted octanol–water partition coefficient (Wildman–Crippen LogP) is 3.45. The van der Waals surface area contributed by atoms with E-state index in [0.29, 0.717) is 11.6 Å². The molecular formula is C19H24N2O4S. The topological polar surface area (TPSA) is 86.7 Å². The largest absolute Gasteiger partial charge is 0.478 e. The molecule has 0 amide bonds. The minimum absolute atomic E-state index is 0.0301. The molecule has 0 aliphatic carbocycles. The number of nitrogens with one attached hydrogen (secondary N) is 1. The summed E-state index contributed by atoms with van der Waals surface area (Å²) < 4.78 is 27.6. The van der Waals surface area contributed by atoms with Crippen molar-refractivity contribution in [1.82, 2.24) is 0 Å². The van der Waals surface area contributed by atoms with Crippen molar-refractivity contribution in [2.45, 2.75) is 25.2 Å². The lowest BCUT2D eigenvalue weighted by atomic mass is 10.0. The molecule has 0 aromatic heterocycles. The lowest BCUT2D eigenvalue weighted by molar-refractivity contribution is 0.0697. The van der Waals surface area contributed by atoms with E-state index < -0.39 is 16.0 Å². The molecule has 0 aliphatic rings. The third-order valence-corrected chi connectivity index (χ3v) is 5.24. The fourth-order valence-electron chi connectivity index (χ4n) is 2.65. The van der Waals surface area contributed by atoms with Crippen LogP contribution < -0.4 is 9.62 Å². The molecule has 0 saturated carbocycles. The zero-order valence-corrected chi connectivity index (χ0v) is 16.2. The van der Waals surface area contributed by atoms with Gasteiger partial charge in [-0.2, -0.15) is 0 Å². The van der Waals surface area contributed by atoms with Crippen LogP contribution in [-0.4, -0.2) is 33.6 Å². The maximum Gasteiger partial charge on any atom is 0.337 e. The fourth-order valence-corrected chi connectivity index (χ4v) is 3.70. The maximum atomic E-state index is 12.6. The van der Waals surface area contributed by atoms with Gasteiger partial charge in [0.25, 0.3) is 10.0 Å². The molecule has 0 unspecified atom stereocenters. The number of carbonyl (C=O) groups is 1. The number of carboxylic acid groups (broad SMARTS) is 1. The Morgan fingerprint density at radius 3 is 2.23 bits per heavy atom. The molecule has 0 heterocycles. The smallest absolute Gasteiger partial charge is 0.337 e. The van der Waals surface area contributed by atoms with Crippen molar-refractivity contribution < 1.29 is 18.3 Å². The number of nitrogens with zero attached hydrogens (tertiary/aromatic N) is 1. The number of anilines is 2. The Morgan fingerprint density at radius 1 is 1.12 bits per heavy atom. The third-order valence-electron chi connectivity index (χ3n) is 3.84. The number of benzene rings is 2. The first-order chi connectivity index (χ1) is 12.1. The van der Waals surface area contributed by atoms with Crippen LogP contribution in [0.15, 0.2) is 47.4 Å². The molecule has 0 fully saturated rings. The van der Waals surface area contributed by atoms with E-state index >= 15 is 0 Å². The van der Waals surface area contributed by atoms with Crippen LogP contribution in [0.25, 0.3) is 0 Å². The van der Waals surface area contributed by atoms with Gasteiger partial charge < -0.3 is 10.0 Å². The van der Waals surface area contributed by atoms with E-state index in [4.69, 9.17) is 0 Å². The average molecular weight is 376 g/mol. The molecule has 140 valence electrons. The number of rotatable bonds is 7. The summed E-state index contributed by atoms with van der Waals surface area (Å²) in [7, 11) is -0.338. The Kier molecular flexibility index (Phi) is 5.92. The molecule has 2 N–H and O–H groups in total. The van der Waals surface area contributed by atoms with Crippen LogP contribution in [0.5, 0.6) is 0 Å². The van der Waals surface area contributed by atoms with E-state index in [9.17, 15) is 18.3 Å². The summed E-state index contributed by atoms with van der Waals surface area (Å²) in [5, 5.41) is 9.35. The molecule has 0 saturated heterocycles. The summed E-state index contributed by atoms with van der Waals surface area (Å²) in [4.78, 5) is 13.2. The highest BCUT2D eigenvalue weighted by molar-refractivity contribution is 7.92. The van der Waals surface area contributed by atoms with Crippen molar-refractivity contribution in [1.29, 1.82) is 0 Å². The van der Waals surface area contributed by atoms with E-state index in [1.54, 1.807) is 55.4 Å². The van der Waals surface area contributed by atoms with Crippen molar-refractivity contribution >= 4 is 27.4 Å². The molecule has 7 heteroatoms. The number of carboxylic acids is 1.